The van der Waals surface area contributed by atoms with Crippen molar-refractivity contribution >= 4 is 39.9 Å². The first kappa shape index (κ1) is 21.4. The number of aryl methyl sites for hydroxylation is 1. The summed E-state index contributed by atoms with van der Waals surface area (Å²) in [5.41, 5.74) is 2.75. The van der Waals surface area contributed by atoms with Crippen LogP contribution in [-0.2, 0) is 4.79 Å². The molecule has 4 rings (SSSR count). The lowest BCUT2D eigenvalue weighted by molar-refractivity contribution is -0.117. The molecule has 0 spiro atoms. The molecule has 7 nitrogen and oxygen atoms in total. The highest BCUT2D eigenvalue weighted by molar-refractivity contribution is 7.18. The number of nitrogens with zero attached hydrogens (tertiary/aromatic N) is 4. The van der Waals surface area contributed by atoms with E-state index in [0.717, 1.165) is 16.1 Å². The number of amides is 2. The Labute approximate surface area is 189 Å². The molecular formula is C22H22ClN5O2S. The van der Waals surface area contributed by atoms with E-state index < -0.39 is 0 Å². The van der Waals surface area contributed by atoms with Gasteiger partial charge in [-0.2, -0.15) is 0 Å². The van der Waals surface area contributed by atoms with E-state index in [1.54, 1.807) is 29.2 Å². The monoisotopic (exact) mass is 455 g/mol. The second kappa shape index (κ2) is 9.55. The molecule has 0 bridgehead atoms. The normalized spacial score (nSPS) is 14.5. The van der Waals surface area contributed by atoms with E-state index in [1.807, 2.05) is 36.1 Å². The molecule has 9 heteroatoms. The number of rotatable bonds is 5. The summed E-state index contributed by atoms with van der Waals surface area (Å²) in [6, 6.07) is 14.8. The lowest BCUT2D eigenvalue weighted by Gasteiger charge is -2.34. The summed E-state index contributed by atoms with van der Waals surface area (Å²) in [6.07, 6.45) is 0. The van der Waals surface area contributed by atoms with Crippen molar-refractivity contribution in [1.29, 1.82) is 0 Å². The third-order valence-electron chi connectivity index (χ3n) is 5.16. The van der Waals surface area contributed by atoms with E-state index in [9.17, 15) is 9.59 Å². The Balaban J connectivity index is 1.27. The Bertz CT molecular complexity index is 1080. The van der Waals surface area contributed by atoms with Crippen LogP contribution >= 0.6 is 22.9 Å². The number of nitrogens with one attached hydrogen (secondary N) is 1. The molecule has 2 amide bonds. The second-order valence-electron chi connectivity index (χ2n) is 7.35. The van der Waals surface area contributed by atoms with E-state index >= 15 is 0 Å². The predicted octanol–water partition coefficient (Wildman–Crippen LogP) is 3.56. The van der Waals surface area contributed by atoms with Crippen molar-refractivity contribution in [3.63, 3.8) is 0 Å². The number of carbonyl (C=O) groups is 2. The lowest BCUT2D eigenvalue weighted by Crippen LogP contribution is -2.50. The Hall–Kier alpha value is -2.81. The SMILES string of the molecule is Cc1ccccc1-c1nnc(NC(=O)CN2CCN(C(=O)c3ccc(Cl)cc3)CC2)s1. The second-order valence-corrected chi connectivity index (χ2v) is 8.76. The van der Waals surface area contributed by atoms with Gasteiger partial charge in [0.2, 0.25) is 11.0 Å². The van der Waals surface area contributed by atoms with E-state index in [-0.39, 0.29) is 18.4 Å². The zero-order valence-corrected chi connectivity index (χ0v) is 18.6. The van der Waals surface area contributed by atoms with Gasteiger partial charge in [0.05, 0.1) is 6.54 Å². The van der Waals surface area contributed by atoms with Crippen LogP contribution in [0.1, 0.15) is 15.9 Å². The highest BCUT2D eigenvalue weighted by Crippen LogP contribution is 2.28. The molecule has 1 saturated heterocycles. The summed E-state index contributed by atoms with van der Waals surface area (Å²) in [6.45, 7) is 4.69. The zero-order chi connectivity index (χ0) is 21.8. The average molecular weight is 456 g/mol. The van der Waals surface area contributed by atoms with Crippen LogP contribution in [0.5, 0.6) is 0 Å². The van der Waals surface area contributed by atoms with Gasteiger partial charge in [-0.1, -0.05) is 47.2 Å². The fourth-order valence-electron chi connectivity index (χ4n) is 3.44. The quantitative estimate of drug-likeness (QED) is 0.636. The maximum absolute atomic E-state index is 12.6. The van der Waals surface area contributed by atoms with Gasteiger partial charge in [-0.05, 0) is 36.8 Å². The van der Waals surface area contributed by atoms with Crippen LogP contribution in [0.3, 0.4) is 0 Å². The minimum atomic E-state index is -0.134. The molecule has 1 aliphatic heterocycles. The third-order valence-corrected chi connectivity index (χ3v) is 6.29. The van der Waals surface area contributed by atoms with Crippen molar-refractivity contribution in [2.75, 3.05) is 38.0 Å². The summed E-state index contributed by atoms with van der Waals surface area (Å²) in [5, 5.41) is 13.0. The first-order valence-electron chi connectivity index (χ1n) is 9.96. The van der Waals surface area contributed by atoms with Crippen molar-refractivity contribution < 1.29 is 9.59 Å². The van der Waals surface area contributed by atoms with Crippen LogP contribution in [0.25, 0.3) is 10.6 Å². The number of hydrogen-bond donors (Lipinski definition) is 1. The number of anilines is 1. The number of piperazine rings is 1. The van der Waals surface area contributed by atoms with Gasteiger partial charge in [-0.25, -0.2) is 0 Å². The molecule has 1 N–H and O–H groups in total. The molecule has 1 aliphatic rings. The summed E-state index contributed by atoms with van der Waals surface area (Å²) >= 11 is 7.25. The largest absolute Gasteiger partial charge is 0.336 e. The van der Waals surface area contributed by atoms with Crippen molar-refractivity contribution in [2.24, 2.45) is 0 Å². The molecule has 0 unspecified atom stereocenters. The molecule has 0 aliphatic carbocycles. The smallest absolute Gasteiger partial charge is 0.253 e. The van der Waals surface area contributed by atoms with Crippen LogP contribution in [0, 0.1) is 6.92 Å². The maximum atomic E-state index is 12.6. The van der Waals surface area contributed by atoms with Gasteiger partial charge in [-0.15, -0.1) is 10.2 Å². The molecular weight excluding hydrogens is 434 g/mol. The summed E-state index contributed by atoms with van der Waals surface area (Å²) in [7, 11) is 0. The van der Waals surface area contributed by atoms with Crippen molar-refractivity contribution in [1.82, 2.24) is 20.0 Å². The third kappa shape index (κ3) is 5.28. The summed E-state index contributed by atoms with van der Waals surface area (Å²) < 4.78 is 0. The zero-order valence-electron chi connectivity index (χ0n) is 17.0. The van der Waals surface area contributed by atoms with Gasteiger partial charge in [-0.3, -0.25) is 19.8 Å². The minimum Gasteiger partial charge on any atom is -0.336 e. The topological polar surface area (TPSA) is 78.4 Å². The number of carbonyl (C=O) groups excluding carboxylic acids is 2. The molecule has 1 aromatic heterocycles. The lowest BCUT2D eigenvalue weighted by atomic mass is 10.1. The fourth-order valence-corrected chi connectivity index (χ4v) is 4.42. The molecule has 160 valence electrons. The van der Waals surface area contributed by atoms with Crippen LogP contribution in [0.4, 0.5) is 5.13 Å². The first-order chi connectivity index (χ1) is 15.0. The molecule has 31 heavy (non-hydrogen) atoms. The number of benzene rings is 2. The molecule has 1 fully saturated rings. The van der Waals surface area contributed by atoms with Crippen molar-refractivity contribution in [3.05, 3.63) is 64.7 Å². The number of aromatic nitrogens is 2. The number of hydrogen-bond acceptors (Lipinski definition) is 6. The van der Waals surface area contributed by atoms with Crippen LogP contribution in [0.2, 0.25) is 5.02 Å². The van der Waals surface area contributed by atoms with Crippen LogP contribution in [-0.4, -0.2) is 64.5 Å². The Morgan fingerprint density at radius 2 is 1.74 bits per heavy atom. The Morgan fingerprint density at radius 3 is 2.45 bits per heavy atom. The Kier molecular flexibility index (Phi) is 6.60. The van der Waals surface area contributed by atoms with Gasteiger partial charge < -0.3 is 4.90 Å². The average Bonchev–Trinajstić information content (AvgIpc) is 3.22. The van der Waals surface area contributed by atoms with Gasteiger partial charge in [0.1, 0.15) is 5.01 Å². The highest BCUT2D eigenvalue weighted by atomic mass is 35.5. The van der Waals surface area contributed by atoms with E-state index in [4.69, 9.17) is 11.6 Å². The van der Waals surface area contributed by atoms with Crippen LogP contribution in [0.15, 0.2) is 48.5 Å². The molecule has 3 aromatic rings. The molecule has 2 aromatic carbocycles. The molecule has 2 heterocycles. The van der Waals surface area contributed by atoms with E-state index in [2.05, 4.69) is 15.5 Å². The maximum Gasteiger partial charge on any atom is 0.253 e. The van der Waals surface area contributed by atoms with Crippen molar-refractivity contribution in [2.45, 2.75) is 6.92 Å². The molecule has 0 saturated carbocycles. The highest BCUT2D eigenvalue weighted by Gasteiger charge is 2.23. The molecule has 0 radical (unpaired) electrons. The fraction of sp³-hybridized carbons (Fsp3) is 0.273. The first-order valence-corrected chi connectivity index (χ1v) is 11.2. The Morgan fingerprint density at radius 1 is 1.03 bits per heavy atom. The predicted molar refractivity (Wildman–Crippen MR) is 123 cm³/mol. The van der Waals surface area contributed by atoms with Gasteiger partial charge >= 0.3 is 0 Å². The van der Waals surface area contributed by atoms with Crippen LogP contribution < -0.4 is 5.32 Å². The molecule has 0 atom stereocenters. The van der Waals surface area contributed by atoms with E-state index in [0.29, 0.717) is 41.9 Å². The van der Waals surface area contributed by atoms with Crippen molar-refractivity contribution in [3.8, 4) is 10.6 Å². The summed E-state index contributed by atoms with van der Waals surface area (Å²) in [5.74, 6) is -0.150. The van der Waals surface area contributed by atoms with Gasteiger partial charge in [0.25, 0.3) is 5.91 Å². The minimum absolute atomic E-state index is 0.0154. The van der Waals surface area contributed by atoms with E-state index in [1.165, 1.54) is 11.3 Å². The number of halogens is 1. The summed E-state index contributed by atoms with van der Waals surface area (Å²) in [4.78, 5) is 28.9. The van der Waals surface area contributed by atoms with Gasteiger partial charge in [0, 0.05) is 42.3 Å². The standard InChI is InChI=1S/C22H22ClN5O2S/c1-15-4-2-3-5-18(15)20-25-26-22(31-20)24-19(29)14-27-10-12-28(13-11-27)21(30)16-6-8-17(23)9-7-16/h2-9H,10-14H2,1H3,(H,24,26,29). The van der Waals surface area contributed by atoms with Gasteiger partial charge in [0.15, 0.2) is 0 Å².